The number of benzene rings is 1. The maximum Gasteiger partial charge on any atom is 0.219 e. The minimum Gasteiger partial charge on any atom is -0.339 e. The summed E-state index contributed by atoms with van der Waals surface area (Å²) in [6, 6.07) is 4.51. The van der Waals surface area contributed by atoms with Crippen molar-refractivity contribution >= 4 is 17.5 Å². The van der Waals surface area contributed by atoms with Gasteiger partial charge >= 0.3 is 0 Å². The molecular formula is C11H13ClFNO. The number of rotatable bonds is 3. The monoisotopic (exact) mass is 229 g/mol. The number of hydrogen-bond acceptors (Lipinski definition) is 1. The van der Waals surface area contributed by atoms with Crippen molar-refractivity contribution in [3.05, 3.63) is 34.6 Å². The van der Waals surface area contributed by atoms with Crippen LogP contribution < -0.4 is 0 Å². The first-order chi connectivity index (χ1) is 7.06. The molecule has 0 fully saturated rings. The minimum atomic E-state index is -0.373. The van der Waals surface area contributed by atoms with E-state index in [1.165, 1.54) is 17.9 Å². The fourth-order valence-electron chi connectivity index (χ4n) is 1.32. The molecule has 1 amide bonds. The molecule has 0 aliphatic carbocycles. The van der Waals surface area contributed by atoms with Crippen LogP contribution >= 0.6 is 11.6 Å². The molecule has 1 aromatic rings. The van der Waals surface area contributed by atoms with E-state index in [0.29, 0.717) is 17.1 Å². The summed E-state index contributed by atoms with van der Waals surface area (Å²) in [4.78, 5) is 12.7. The average Bonchev–Trinajstić information content (AvgIpc) is 2.17. The summed E-state index contributed by atoms with van der Waals surface area (Å²) >= 11 is 5.86. The van der Waals surface area contributed by atoms with Gasteiger partial charge < -0.3 is 4.90 Å². The van der Waals surface area contributed by atoms with Crippen LogP contribution in [0.5, 0.6) is 0 Å². The number of nitrogens with zero attached hydrogens (tertiary/aromatic N) is 1. The van der Waals surface area contributed by atoms with Gasteiger partial charge in [-0.25, -0.2) is 4.39 Å². The standard InChI is InChI=1S/C11H13ClFNO/c1-3-14(8(2)15)7-9-10(12)5-4-6-11(9)13/h4-6H,3,7H2,1-2H3. The van der Waals surface area contributed by atoms with Gasteiger partial charge in [-0.2, -0.15) is 0 Å². The van der Waals surface area contributed by atoms with Crippen LogP contribution in [0, 0.1) is 5.82 Å². The van der Waals surface area contributed by atoms with Crippen LogP contribution in [0.3, 0.4) is 0 Å². The second-order valence-corrected chi connectivity index (χ2v) is 3.64. The second kappa shape index (κ2) is 5.12. The van der Waals surface area contributed by atoms with Crippen LogP contribution in [-0.4, -0.2) is 17.4 Å². The summed E-state index contributed by atoms with van der Waals surface area (Å²) in [5.74, 6) is -0.459. The first kappa shape index (κ1) is 12.0. The number of carbonyl (C=O) groups is 1. The highest BCUT2D eigenvalue weighted by Gasteiger charge is 2.12. The molecule has 0 radical (unpaired) electrons. The molecule has 0 aromatic heterocycles. The van der Waals surface area contributed by atoms with Gasteiger partial charge in [0.2, 0.25) is 5.91 Å². The third kappa shape index (κ3) is 2.93. The molecule has 0 spiro atoms. The molecule has 0 atom stereocenters. The van der Waals surface area contributed by atoms with Crippen molar-refractivity contribution in [2.75, 3.05) is 6.54 Å². The van der Waals surface area contributed by atoms with E-state index in [9.17, 15) is 9.18 Å². The molecule has 0 N–H and O–H groups in total. The SMILES string of the molecule is CCN(Cc1c(F)cccc1Cl)C(C)=O. The zero-order valence-electron chi connectivity index (χ0n) is 8.76. The van der Waals surface area contributed by atoms with E-state index >= 15 is 0 Å². The number of amides is 1. The van der Waals surface area contributed by atoms with E-state index in [2.05, 4.69) is 0 Å². The van der Waals surface area contributed by atoms with Gasteiger partial charge in [0.25, 0.3) is 0 Å². The van der Waals surface area contributed by atoms with Crippen molar-refractivity contribution in [2.24, 2.45) is 0 Å². The fourth-order valence-corrected chi connectivity index (χ4v) is 1.54. The van der Waals surface area contributed by atoms with E-state index in [4.69, 9.17) is 11.6 Å². The van der Waals surface area contributed by atoms with E-state index in [1.807, 2.05) is 6.92 Å². The van der Waals surface area contributed by atoms with Gasteiger partial charge in [0.1, 0.15) is 5.82 Å². The van der Waals surface area contributed by atoms with Crippen LogP contribution in [0.25, 0.3) is 0 Å². The van der Waals surface area contributed by atoms with Crippen molar-refractivity contribution in [1.29, 1.82) is 0 Å². The summed E-state index contributed by atoms with van der Waals surface area (Å²) in [7, 11) is 0. The summed E-state index contributed by atoms with van der Waals surface area (Å²) in [6.07, 6.45) is 0. The van der Waals surface area contributed by atoms with E-state index in [-0.39, 0.29) is 18.3 Å². The molecule has 0 saturated carbocycles. The third-order valence-electron chi connectivity index (χ3n) is 2.24. The second-order valence-electron chi connectivity index (χ2n) is 3.23. The van der Waals surface area contributed by atoms with Crippen molar-refractivity contribution in [2.45, 2.75) is 20.4 Å². The Balaban J connectivity index is 2.92. The van der Waals surface area contributed by atoms with Gasteiger partial charge in [-0.15, -0.1) is 0 Å². The van der Waals surface area contributed by atoms with Crippen LogP contribution in [0.15, 0.2) is 18.2 Å². The highest BCUT2D eigenvalue weighted by atomic mass is 35.5. The van der Waals surface area contributed by atoms with Gasteiger partial charge in [-0.1, -0.05) is 17.7 Å². The van der Waals surface area contributed by atoms with Crippen LogP contribution in [0.2, 0.25) is 5.02 Å². The van der Waals surface area contributed by atoms with Crippen molar-refractivity contribution in [3.8, 4) is 0 Å². The normalized spacial score (nSPS) is 10.1. The molecule has 0 unspecified atom stereocenters. The summed E-state index contributed by atoms with van der Waals surface area (Å²) in [5, 5.41) is 0.356. The highest BCUT2D eigenvalue weighted by molar-refractivity contribution is 6.31. The fraction of sp³-hybridized carbons (Fsp3) is 0.364. The summed E-state index contributed by atoms with van der Waals surface area (Å²) < 4.78 is 13.4. The third-order valence-corrected chi connectivity index (χ3v) is 2.59. The minimum absolute atomic E-state index is 0.0863. The maximum atomic E-state index is 13.4. The Labute approximate surface area is 93.6 Å². The average molecular weight is 230 g/mol. The van der Waals surface area contributed by atoms with Crippen molar-refractivity contribution in [1.82, 2.24) is 4.90 Å². The van der Waals surface area contributed by atoms with E-state index in [0.717, 1.165) is 0 Å². The molecule has 0 saturated heterocycles. The van der Waals surface area contributed by atoms with Crippen LogP contribution in [0.4, 0.5) is 4.39 Å². The predicted molar refractivity (Wildman–Crippen MR) is 58.2 cm³/mol. The van der Waals surface area contributed by atoms with Crippen molar-refractivity contribution in [3.63, 3.8) is 0 Å². The molecule has 0 aliphatic rings. The zero-order valence-corrected chi connectivity index (χ0v) is 9.51. The molecule has 1 rings (SSSR count). The smallest absolute Gasteiger partial charge is 0.219 e. The first-order valence-corrected chi connectivity index (χ1v) is 5.12. The van der Waals surface area contributed by atoms with Crippen LogP contribution in [-0.2, 0) is 11.3 Å². The van der Waals surface area contributed by atoms with Gasteiger partial charge in [0, 0.05) is 30.6 Å². The van der Waals surface area contributed by atoms with Gasteiger partial charge in [0.05, 0.1) is 0 Å². The number of hydrogen-bond donors (Lipinski definition) is 0. The number of halogens is 2. The summed E-state index contributed by atoms with van der Waals surface area (Å²) in [6.45, 7) is 4.06. The van der Waals surface area contributed by atoms with Crippen LogP contribution in [0.1, 0.15) is 19.4 Å². The summed E-state index contributed by atoms with van der Waals surface area (Å²) in [5.41, 5.74) is 0.371. The molecule has 0 aliphatic heterocycles. The topological polar surface area (TPSA) is 20.3 Å². The molecule has 0 bridgehead atoms. The van der Waals surface area contributed by atoms with Gasteiger partial charge in [-0.3, -0.25) is 4.79 Å². The Bertz CT molecular complexity index is 347. The largest absolute Gasteiger partial charge is 0.339 e. The molecule has 2 nitrogen and oxygen atoms in total. The molecule has 15 heavy (non-hydrogen) atoms. The van der Waals surface area contributed by atoms with E-state index in [1.54, 1.807) is 12.1 Å². The Kier molecular flexibility index (Phi) is 4.09. The zero-order chi connectivity index (χ0) is 11.4. The van der Waals surface area contributed by atoms with Crippen molar-refractivity contribution < 1.29 is 9.18 Å². The molecule has 82 valence electrons. The lowest BCUT2D eigenvalue weighted by atomic mass is 10.2. The Morgan fingerprint density at radius 2 is 2.20 bits per heavy atom. The lowest BCUT2D eigenvalue weighted by molar-refractivity contribution is -0.129. The lowest BCUT2D eigenvalue weighted by Crippen LogP contribution is -2.28. The quantitative estimate of drug-likeness (QED) is 0.781. The Morgan fingerprint density at radius 3 is 2.67 bits per heavy atom. The Morgan fingerprint density at radius 1 is 1.53 bits per heavy atom. The number of carbonyl (C=O) groups excluding carboxylic acids is 1. The maximum absolute atomic E-state index is 13.4. The lowest BCUT2D eigenvalue weighted by Gasteiger charge is -2.19. The first-order valence-electron chi connectivity index (χ1n) is 4.74. The predicted octanol–water partition coefficient (Wildman–Crippen LogP) is 2.85. The van der Waals surface area contributed by atoms with E-state index < -0.39 is 0 Å². The molecule has 4 heteroatoms. The molecular weight excluding hydrogens is 217 g/mol. The Hall–Kier alpha value is -1.09. The molecule has 0 heterocycles. The van der Waals surface area contributed by atoms with Gasteiger partial charge in [-0.05, 0) is 19.1 Å². The molecule has 1 aromatic carbocycles. The van der Waals surface area contributed by atoms with Gasteiger partial charge in [0.15, 0.2) is 0 Å². The highest BCUT2D eigenvalue weighted by Crippen LogP contribution is 2.20.